The van der Waals surface area contributed by atoms with E-state index >= 15 is 0 Å². The third kappa shape index (κ3) is 5.29. The molecule has 10 nitrogen and oxygen atoms in total. The molecule has 11 heteroatoms. The summed E-state index contributed by atoms with van der Waals surface area (Å²) >= 11 is 0. The van der Waals surface area contributed by atoms with Crippen LogP contribution in [0.15, 0.2) is 24.3 Å². The van der Waals surface area contributed by atoms with E-state index in [0.29, 0.717) is 27.1 Å². The monoisotopic (exact) mass is 454 g/mol. The number of nitrogens with zero attached hydrogens (tertiary/aromatic N) is 2. The number of hydrogen-bond donors (Lipinski definition) is 0. The third-order valence-corrected chi connectivity index (χ3v) is 5.45. The highest BCUT2D eigenvalue weighted by atomic mass is 32.2. The molecule has 0 radical (unpaired) electrons. The zero-order valence-corrected chi connectivity index (χ0v) is 19.1. The number of carbonyl (C=O) groups is 1. The predicted molar refractivity (Wildman–Crippen MR) is 114 cm³/mol. The Bertz CT molecular complexity index is 1040. The molecule has 0 spiro atoms. The van der Waals surface area contributed by atoms with Crippen molar-refractivity contribution < 1.29 is 36.9 Å². The van der Waals surface area contributed by atoms with Crippen molar-refractivity contribution in [1.82, 2.24) is 4.98 Å². The fourth-order valence-electron chi connectivity index (χ4n) is 3.04. The number of aromatic nitrogens is 1. The van der Waals surface area contributed by atoms with Crippen molar-refractivity contribution in [3.05, 3.63) is 29.8 Å². The van der Waals surface area contributed by atoms with E-state index in [1.807, 2.05) is 0 Å². The molecule has 2 rings (SSSR count). The van der Waals surface area contributed by atoms with Crippen LogP contribution in [0.2, 0.25) is 0 Å². The van der Waals surface area contributed by atoms with E-state index in [1.54, 1.807) is 12.1 Å². The van der Waals surface area contributed by atoms with E-state index < -0.39 is 15.9 Å². The van der Waals surface area contributed by atoms with E-state index in [-0.39, 0.29) is 30.3 Å². The predicted octanol–water partition coefficient (Wildman–Crippen LogP) is 2.05. The number of rotatable bonds is 10. The average molecular weight is 455 g/mol. The Morgan fingerprint density at radius 1 is 0.903 bits per heavy atom. The van der Waals surface area contributed by atoms with E-state index in [4.69, 9.17) is 23.7 Å². The highest BCUT2D eigenvalue weighted by Crippen LogP contribution is 2.40. The molecule has 1 amide bonds. The number of pyridine rings is 1. The van der Waals surface area contributed by atoms with Gasteiger partial charge in [0.2, 0.25) is 33.4 Å². The number of anilines is 1. The van der Waals surface area contributed by atoms with Crippen molar-refractivity contribution >= 4 is 21.6 Å². The van der Waals surface area contributed by atoms with Gasteiger partial charge in [-0.15, -0.1) is 0 Å². The summed E-state index contributed by atoms with van der Waals surface area (Å²) < 4.78 is 51.8. The molecule has 2 aromatic rings. The number of benzene rings is 1. The molecule has 0 unspecified atom stereocenters. The zero-order valence-electron chi connectivity index (χ0n) is 18.3. The summed E-state index contributed by atoms with van der Waals surface area (Å²) in [5.74, 6) is 0.768. The Hall–Kier alpha value is -3.21. The van der Waals surface area contributed by atoms with Crippen molar-refractivity contribution in [1.29, 1.82) is 0 Å². The van der Waals surface area contributed by atoms with Crippen LogP contribution in [0.1, 0.15) is 12.0 Å². The summed E-state index contributed by atoms with van der Waals surface area (Å²) in [6.45, 7) is 0. The van der Waals surface area contributed by atoms with Crippen LogP contribution in [0.4, 0.5) is 5.69 Å². The van der Waals surface area contributed by atoms with Crippen LogP contribution in [-0.2, 0) is 21.2 Å². The minimum atomic E-state index is -3.97. The zero-order chi connectivity index (χ0) is 23.2. The van der Waals surface area contributed by atoms with Gasteiger partial charge in [-0.1, -0.05) is 6.07 Å². The van der Waals surface area contributed by atoms with Gasteiger partial charge >= 0.3 is 0 Å². The van der Waals surface area contributed by atoms with Gasteiger partial charge in [-0.05, 0) is 24.1 Å². The van der Waals surface area contributed by atoms with E-state index in [9.17, 15) is 13.2 Å². The second-order valence-electron chi connectivity index (χ2n) is 6.30. The molecule has 1 aromatic carbocycles. The fraction of sp³-hybridized carbons (Fsp3) is 0.400. The second kappa shape index (κ2) is 10.2. The summed E-state index contributed by atoms with van der Waals surface area (Å²) in [6, 6.07) is 6.26. The van der Waals surface area contributed by atoms with Crippen molar-refractivity contribution in [3.8, 4) is 29.0 Å². The summed E-state index contributed by atoms with van der Waals surface area (Å²) in [7, 11) is 3.22. The Labute approximate surface area is 181 Å². The molecule has 1 heterocycles. The second-order valence-corrected chi connectivity index (χ2v) is 8.13. The molecule has 31 heavy (non-hydrogen) atoms. The van der Waals surface area contributed by atoms with Crippen molar-refractivity contribution in [2.45, 2.75) is 12.8 Å². The fourth-order valence-corrected chi connectivity index (χ4v) is 3.99. The number of hydrogen-bond acceptors (Lipinski definition) is 9. The molecule has 0 aliphatic carbocycles. The van der Waals surface area contributed by atoms with Crippen LogP contribution < -0.4 is 28.0 Å². The number of amides is 1. The molecule has 1 aromatic heterocycles. The van der Waals surface area contributed by atoms with Gasteiger partial charge in [0.15, 0.2) is 11.5 Å². The summed E-state index contributed by atoms with van der Waals surface area (Å²) in [6.07, 6.45) is 1.000. The number of carbonyl (C=O) groups excluding carboxylic acids is 1. The smallest absolute Gasteiger partial charge is 0.242 e. The number of aryl methyl sites for hydroxylation is 1. The van der Waals surface area contributed by atoms with Crippen LogP contribution >= 0.6 is 0 Å². The van der Waals surface area contributed by atoms with Crippen molar-refractivity contribution in [3.63, 3.8) is 0 Å². The van der Waals surface area contributed by atoms with Gasteiger partial charge in [0, 0.05) is 12.5 Å². The summed E-state index contributed by atoms with van der Waals surface area (Å²) in [5.41, 5.74) is 0.650. The van der Waals surface area contributed by atoms with E-state index in [1.165, 1.54) is 47.7 Å². The highest BCUT2D eigenvalue weighted by molar-refractivity contribution is 7.92. The maximum atomic E-state index is 13.0. The largest absolute Gasteiger partial charge is 0.493 e. The summed E-state index contributed by atoms with van der Waals surface area (Å²) in [4.78, 5) is 17.1. The standard InChI is InChI=1S/C20H26N2O8S/c1-26-15-10-7-13(18(28-3)19(15)29-4)8-12-17(23)22(31(6,24)25)14-9-11-16(27-2)21-20(14)30-5/h7,9-11H,8,12H2,1-6H3. The number of sulfonamides is 1. The van der Waals surface area contributed by atoms with Crippen LogP contribution in [-0.4, -0.2) is 61.1 Å². The Kier molecular flexibility index (Phi) is 7.92. The average Bonchev–Trinajstić information content (AvgIpc) is 2.75. The van der Waals surface area contributed by atoms with Gasteiger partial charge < -0.3 is 23.7 Å². The van der Waals surface area contributed by atoms with Crippen molar-refractivity contribution in [2.24, 2.45) is 0 Å². The first-order valence-electron chi connectivity index (χ1n) is 9.11. The molecule has 170 valence electrons. The van der Waals surface area contributed by atoms with Gasteiger partial charge in [-0.3, -0.25) is 4.79 Å². The molecule has 0 saturated carbocycles. The van der Waals surface area contributed by atoms with Gasteiger partial charge in [-0.2, -0.15) is 4.98 Å². The van der Waals surface area contributed by atoms with Crippen LogP contribution in [0.5, 0.6) is 29.0 Å². The lowest BCUT2D eigenvalue weighted by Crippen LogP contribution is -2.36. The van der Waals surface area contributed by atoms with Gasteiger partial charge in [0.25, 0.3) is 0 Å². The Balaban J connectivity index is 2.38. The first-order valence-corrected chi connectivity index (χ1v) is 11.0. The Morgan fingerprint density at radius 2 is 1.58 bits per heavy atom. The molecular weight excluding hydrogens is 428 g/mol. The lowest BCUT2D eigenvalue weighted by Gasteiger charge is -2.22. The molecule has 0 fully saturated rings. The molecular formula is C20H26N2O8S. The van der Waals surface area contributed by atoms with Gasteiger partial charge in [-0.25, -0.2) is 12.7 Å². The third-order valence-electron chi connectivity index (χ3n) is 4.39. The molecule has 0 aliphatic heterocycles. The molecule has 0 bridgehead atoms. The van der Waals surface area contributed by atoms with E-state index in [2.05, 4.69) is 4.98 Å². The topological polar surface area (TPSA) is 113 Å². The maximum absolute atomic E-state index is 13.0. The Morgan fingerprint density at radius 3 is 2.10 bits per heavy atom. The molecule has 0 saturated heterocycles. The highest BCUT2D eigenvalue weighted by Gasteiger charge is 2.29. The van der Waals surface area contributed by atoms with E-state index in [0.717, 1.165) is 6.26 Å². The molecule has 0 atom stereocenters. The first kappa shape index (κ1) is 24.1. The van der Waals surface area contributed by atoms with Crippen LogP contribution in [0.25, 0.3) is 0 Å². The number of ether oxygens (including phenoxy) is 5. The lowest BCUT2D eigenvalue weighted by atomic mass is 10.1. The molecule has 0 aliphatic rings. The molecule has 0 N–H and O–H groups in total. The van der Waals surface area contributed by atoms with Crippen LogP contribution in [0, 0.1) is 0 Å². The van der Waals surface area contributed by atoms with Crippen LogP contribution in [0.3, 0.4) is 0 Å². The van der Waals surface area contributed by atoms with Gasteiger partial charge in [0.1, 0.15) is 5.69 Å². The first-order chi connectivity index (χ1) is 14.7. The minimum absolute atomic E-state index is 0.00456. The summed E-state index contributed by atoms with van der Waals surface area (Å²) in [5, 5.41) is 0. The SMILES string of the molecule is COc1ccc(N(C(=O)CCc2ccc(OC)c(OC)c2OC)S(C)(=O)=O)c(OC)n1. The number of methoxy groups -OCH3 is 5. The minimum Gasteiger partial charge on any atom is -0.493 e. The quantitative estimate of drug-likeness (QED) is 0.532. The normalized spacial score (nSPS) is 10.9. The van der Waals surface area contributed by atoms with Gasteiger partial charge in [0.05, 0.1) is 41.8 Å². The lowest BCUT2D eigenvalue weighted by molar-refractivity contribution is -0.117. The van der Waals surface area contributed by atoms with Crippen molar-refractivity contribution in [2.75, 3.05) is 46.1 Å². The maximum Gasteiger partial charge on any atom is 0.242 e.